The van der Waals surface area contributed by atoms with Crippen molar-refractivity contribution in [3.8, 4) is 0 Å². The molecule has 0 amide bonds. The zero-order valence-corrected chi connectivity index (χ0v) is 8.39. The van der Waals surface area contributed by atoms with Crippen LogP contribution in [0.15, 0.2) is 0 Å². The lowest BCUT2D eigenvalue weighted by molar-refractivity contribution is -0.116. The molecule has 0 aromatic carbocycles. The van der Waals surface area contributed by atoms with E-state index in [-0.39, 0.29) is 0 Å². The van der Waals surface area contributed by atoms with Crippen LogP contribution in [0.25, 0.3) is 0 Å². The van der Waals surface area contributed by atoms with Crippen molar-refractivity contribution in [2.75, 3.05) is 19.6 Å². The smallest absolute Gasteiger partial charge is 0.148 e. The predicted molar refractivity (Wildman–Crippen MR) is 50.1 cm³/mol. The Morgan fingerprint density at radius 3 is 2.50 bits per heavy atom. The number of ketones is 1. The number of Topliss-reactive ketones (excluding diaryl/α,β-unsaturated/α-hetero) is 1. The Bertz CT molecular complexity index is 169. The molecule has 2 nitrogen and oxygen atoms in total. The number of likely N-dealkylation sites (tertiary alicyclic amines) is 1. The van der Waals surface area contributed by atoms with Crippen LogP contribution < -0.4 is 0 Å². The van der Waals surface area contributed by atoms with E-state index in [1.807, 2.05) is 0 Å². The van der Waals surface area contributed by atoms with E-state index in [0.717, 1.165) is 19.5 Å². The lowest BCUT2D eigenvalue weighted by Gasteiger charge is -2.22. The highest BCUT2D eigenvalue weighted by Gasteiger charge is 2.20. The monoisotopic (exact) mass is 169 g/mol. The fourth-order valence-electron chi connectivity index (χ4n) is 1.37. The van der Waals surface area contributed by atoms with Crippen LogP contribution >= 0.6 is 0 Å². The zero-order valence-electron chi connectivity index (χ0n) is 8.39. The van der Waals surface area contributed by atoms with Crippen molar-refractivity contribution < 1.29 is 4.79 Å². The summed E-state index contributed by atoms with van der Waals surface area (Å²) in [4.78, 5) is 13.2. The third-order valence-electron chi connectivity index (χ3n) is 2.28. The highest BCUT2D eigenvalue weighted by atomic mass is 16.1. The molecular formula is C10H19NO. The van der Waals surface area contributed by atoms with Crippen molar-refractivity contribution in [1.29, 1.82) is 0 Å². The SMILES string of the molecule is CC(C)(C)CCN1CCC(=O)C1. The van der Waals surface area contributed by atoms with Gasteiger partial charge in [0.05, 0.1) is 6.54 Å². The molecule has 12 heavy (non-hydrogen) atoms. The molecule has 0 aromatic rings. The van der Waals surface area contributed by atoms with Gasteiger partial charge in [0.2, 0.25) is 0 Å². The number of carbonyl (C=O) groups excluding carboxylic acids is 1. The number of rotatable bonds is 2. The summed E-state index contributed by atoms with van der Waals surface area (Å²) in [6, 6.07) is 0. The van der Waals surface area contributed by atoms with Gasteiger partial charge >= 0.3 is 0 Å². The van der Waals surface area contributed by atoms with Gasteiger partial charge in [-0.3, -0.25) is 9.69 Å². The van der Waals surface area contributed by atoms with Crippen LogP contribution in [0.3, 0.4) is 0 Å². The fourth-order valence-corrected chi connectivity index (χ4v) is 1.37. The Morgan fingerprint density at radius 2 is 2.08 bits per heavy atom. The standard InChI is InChI=1S/C10H19NO/c1-10(2,3)5-7-11-6-4-9(12)8-11/h4-8H2,1-3H3. The van der Waals surface area contributed by atoms with Crippen molar-refractivity contribution in [2.24, 2.45) is 5.41 Å². The molecule has 1 heterocycles. The average Bonchev–Trinajstić information content (AvgIpc) is 2.30. The van der Waals surface area contributed by atoms with Crippen molar-refractivity contribution in [2.45, 2.75) is 33.6 Å². The molecule has 2 heteroatoms. The van der Waals surface area contributed by atoms with E-state index < -0.39 is 0 Å². The first-order valence-corrected chi connectivity index (χ1v) is 4.71. The van der Waals surface area contributed by atoms with E-state index in [0.29, 0.717) is 17.7 Å². The van der Waals surface area contributed by atoms with Gasteiger partial charge in [0.1, 0.15) is 5.78 Å². The average molecular weight is 169 g/mol. The molecule has 0 atom stereocenters. The van der Waals surface area contributed by atoms with E-state index in [9.17, 15) is 4.79 Å². The van der Waals surface area contributed by atoms with Gasteiger partial charge in [-0.1, -0.05) is 20.8 Å². The molecule has 0 aromatic heterocycles. The number of nitrogens with zero attached hydrogens (tertiary/aromatic N) is 1. The summed E-state index contributed by atoms with van der Waals surface area (Å²) in [5.41, 5.74) is 0.394. The number of hydrogen-bond acceptors (Lipinski definition) is 2. The van der Waals surface area contributed by atoms with E-state index in [1.165, 1.54) is 6.42 Å². The van der Waals surface area contributed by atoms with E-state index in [4.69, 9.17) is 0 Å². The largest absolute Gasteiger partial charge is 0.298 e. The van der Waals surface area contributed by atoms with E-state index in [2.05, 4.69) is 25.7 Å². The second-order valence-corrected chi connectivity index (χ2v) is 4.88. The minimum absolute atomic E-state index is 0.394. The predicted octanol–water partition coefficient (Wildman–Crippen LogP) is 1.70. The van der Waals surface area contributed by atoms with Gasteiger partial charge in [0, 0.05) is 13.0 Å². The summed E-state index contributed by atoms with van der Waals surface area (Å²) in [7, 11) is 0. The maximum atomic E-state index is 10.9. The van der Waals surface area contributed by atoms with Crippen molar-refractivity contribution in [3.63, 3.8) is 0 Å². The first-order valence-electron chi connectivity index (χ1n) is 4.71. The Morgan fingerprint density at radius 1 is 1.42 bits per heavy atom. The van der Waals surface area contributed by atoms with Crippen molar-refractivity contribution in [3.05, 3.63) is 0 Å². The first-order chi connectivity index (χ1) is 5.47. The lowest BCUT2D eigenvalue weighted by Crippen LogP contribution is -2.25. The minimum atomic E-state index is 0.394. The minimum Gasteiger partial charge on any atom is -0.298 e. The fraction of sp³-hybridized carbons (Fsp3) is 0.900. The topological polar surface area (TPSA) is 20.3 Å². The van der Waals surface area contributed by atoms with Crippen LogP contribution in [0.1, 0.15) is 33.6 Å². The molecule has 1 saturated heterocycles. The highest BCUT2D eigenvalue weighted by molar-refractivity contribution is 5.82. The van der Waals surface area contributed by atoms with Gasteiger partial charge in [-0.25, -0.2) is 0 Å². The van der Waals surface area contributed by atoms with Gasteiger partial charge in [-0.05, 0) is 18.4 Å². The molecule has 0 spiro atoms. The molecule has 1 aliphatic rings. The van der Waals surface area contributed by atoms with Crippen LogP contribution in [0, 0.1) is 5.41 Å². The third kappa shape index (κ3) is 3.35. The molecule has 0 N–H and O–H groups in total. The molecule has 0 saturated carbocycles. The van der Waals surface area contributed by atoms with Crippen LogP contribution in [0.5, 0.6) is 0 Å². The van der Waals surface area contributed by atoms with Crippen molar-refractivity contribution in [1.82, 2.24) is 4.90 Å². The van der Waals surface area contributed by atoms with Gasteiger partial charge in [0.15, 0.2) is 0 Å². The third-order valence-corrected chi connectivity index (χ3v) is 2.28. The lowest BCUT2D eigenvalue weighted by atomic mass is 9.92. The Hall–Kier alpha value is -0.370. The van der Waals surface area contributed by atoms with Crippen LogP contribution in [-0.4, -0.2) is 30.3 Å². The molecule has 0 unspecified atom stereocenters. The maximum absolute atomic E-state index is 10.9. The van der Waals surface area contributed by atoms with Gasteiger partial charge in [-0.2, -0.15) is 0 Å². The molecule has 70 valence electrons. The Labute approximate surface area is 74.9 Å². The zero-order chi connectivity index (χ0) is 9.19. The number of carbonyl (C=O) groups is 1. The second kappa shape index (κ2) is 3.56. The van der Waals surface area contributed by atoms with Crippen LogP contribution in [-0.2, 0) is 4.79 Å². The van der Waals surface area contributed by atoms with Gasteiger partial charge in [-0.15, -0.1) is 0 Å². The Kier molecular flexibility index (Phi) is 2.89. The van der Waals surface area contributed by atoms with E-state index >= 15 is 0 Å². The van der Waals surface area contributed by atoms with Gasteiger partial charge < -0.3 is 0 Å². The molecule has 1 fully saturated rings. The van der Waals surface area contributed by atoms with E-state index in [1.54, 1.807) is 0 Å². The summed E-state index contributed by atoms with van der Waals surface area (Å²) in [5, 5.41) is 0. The first kappa shape index (κ1) is 9.72. The molecule has 1 rings (SSSR count). The summed E-state index contributed by atoms with van der Waals surface area (Å²) >= 11 is 0. The van der Waals surface area contributed by atoms with Gasteiger partial charge in [0.25, 0.3) is 0 Å². The Balaban J connectivity index is 2.20. The number of hydrogen-bond donors (Lipinski definition) is 0. The summed E-state index contributed by atoms with van der Waals surface area (Å²) in [5.74, 6) is 0.406. The molecule has 0 bridgehead atoms. The molecule has 0 radical (unpaired) electrons. The maximum Gasteiger partial charge on any atom is 0.148 e. The highest BCUT2D eigenvalue weighted by Crippen LogP contribution is 2.19. The van der Waals surface area contributed by atoms with Crippen molar-refractivity contribution >= 4 is 5.78 Å². The summed E-state index contributed by atoms with van der Waals surface area (Å²) in [6.45, 7) is 9.47. The summed E-state index contributed by atoms with van der Waals surface area (Å²) < 4.78 is 0. The van der Waals surface area contributed by atoms with Crippen LogP contribution in [0.2, 0.25) is 0 Å². The normalized spacial score (nSPS) is 20.4. The molecular weight excluding hydrogens is 150 g/mol. The molecule has 0 aliphatic carbocycles. The summed E-state index contributed by atoms with van der Waals surface area (Å²) in [6.07, 6.45) is 1.95. The quantitative estimate of drug-likeness (QED) is 0.627. The second-order valence-electron chi connectivity index (χ2n) is 4.88. The molecule has 1 aliphatic heterocycles. The van der Waals surface area contributed by atoms with Crippen LogP contribution in [0.4, 0.5) is 0 Å².